The van der Waals surface area contributed by atoms with Crippen LogP contribution in [0.4, 0.5) is 11.4 Å². The Morgan fingerprint density at radius 2 is 2.00 bits per heavy atom. The van der Waals surface area contributed by atoms with Crippen LogP contribution < -0.4 is 11.1 Å². The van der Waals surface area contributed by atoms with Crippen molar-refractivity contribution in [2.24, 2.45) is 0 Å². The van der Waals surface area contributed by atoms with E-state index in [9.17, 15) is 4.79 Å². The van der Waals surface area contributed by atoms with E-state index in [1.54, 1.807) is 30.3 Å². The summed E-state index contributed by atoms with van der Waals surface area (Å²) < 4.78 is 0. The van der Waals surface area contributed by atoms with Crippen molar-refractivity contribution >= 4 is 40.5 Å². The van der Waals surface area contributed by atoms with E-state index in [1.165, 1.54) is 6.20 Å². The molecular formula is C12H9Cl2N3O. The Morgan fingerprint density at radius 1 is 1.22 bits per heavy atom. The van der Waals surface area contributed by atoms with Crippen molar-refractivity contribution in [2.45, 2.75) is 0 Å². The summed E-state index contributed by atoms with van der Waals surface area (Å²) >= 11 is 11.4. The SMILES string of the molecule is Nc1cc(Cl)ccc1NC(=O)c1ccc(Cl)nc1. The van der Waals surface area contributed by atoms with E-state index in [2.05, 4.69) is 10.3 Å². The Labute approximate surface area is 114 Å². The van der Waals surface area contributed by atoms with Crippen molar-refractivity contribution in [3.8, 4) is 0 Å². The van der Waals surface area contributed by atoms with Crippen molar-refractivity contribution in [1.29, 1.82) is 0 Å². The topological polar surface area (TPSA) is 68.0 Å². The van der Waals surface area contributed by atoms with Crippen LogP contribution in [-0.4, -0.2) is 10.9 Å². The summed E-state index contributed by atoms with van der Waals surface area (Å²) in [6, 6.07) is 7.97. The van der Waals surface area contributed by atoms with Crippen molar-refractivity contribution in [3.63, 3.8) is 0 Å². The van der Waals surface area contributed by atoms with Gasteiger partial charge in [0.2, 0.25) is 0 Å². The van der Waals surface area contributed by atoms with Crippen LogP contribution in [0, 0.1) is 0 Å². The van der Waals surface area contributed by atoms with Gasteiger partial charge in [-0.3, -0.25) is 4.79 Å². The molecule has 6 heteroatoms. The van der Waals surface area contributed by atoms with Gasteiger partial charge in [0.15, 0.2) is 0 Å². The van der Waals surface area contributed by atoms with E-state index in [0.717, 1.165) is 0 Å². The van der Waals surface area contributed by atoms with Gasteiger partial charge in [0, 0.05) is 11.2 Å². The first-order chi connectivity index (χ1) is 8.56. The third kappa shape index (κ3) is 2.91. The highest BCUT2D eigenvalue weighted by molar-refractivity contribution is 6.31. The van der Waals surface area contributed by atoms with Gasteiger partial charge in [0.1, 0.15) is 5.15 Å². The highest BCUT2D eigenvalue weighted by atomic mass is 35.5. The van der Waals surface area contributed by atoms with Gasteiger partial charge in [0.25, 0.3) is 5.91 Å². The van der Waals surface area contributed by atoms with E-state index < -0.39 is 0 Å². The number of amides is 1. The number of pyridine rings is 1. The molecule has 0 aliphatic heterocycles. The third-order valence-corrected chi connectivity index (χ3v) is 2.71. The number of nitrogen functional groups attached to an aromatic ring is 1. The van der Waals surface area contributed by atoms with Gasteiger partial charge in [-0.2, -0.15) is 0 Å². The number of carbonyl (C=O) groups excluding carboxylic acids is 1. The van der Waals surface area contributed by atoms with Gasteiger partial charge in [-0.1, -0.05) is 23.2 Å². The molecule has 0 saturated heterocycles. The maximum Gasteiger partial charge on any atom is 0.257 e. The highest BCUT2D eigenvalue weighted by Gasteiger charge is 2.08. The Bertz CT molecular complexity index is 584. The van der Waals surface area contributed by atoms with Crippen LogP contribution in [0.25, 0.3) is 0 Å². The van der Waals surface area contributed by atoms with Crippen LogP contribution in [0.1, 0.15) is 10.4 Å². The number of hydrogen-bond donors (Lipinski definition) is 2. The lowest BCUT2D eigenvalue weighted by Gasteiger charge is -2.08. The van der Waals surface area contributed by atoms with Crippen LogP contribution in [0.3, 0.4) is 0 Å². The van der Waals surface area contributed by atoms with Crippen LogP contribution in [0.2, 0.25) is 10.2 Å². The molecule has 18 heavy (non-hydrogen) atoms. The molecule has 1 amide bonds. The first-order valence-corrected chi connectivity index (χ1v) is 5.80. The molecule has 0 radical (unpaired) electrons. The van der Waals surface area contributed by atoms with Gasteiger partial charge in [0.05, 0.1) is 16.9 Å². The van der Waals surface area contributed by atoms with Gasteiger partial charge < -0.3 is 11.1 Å². The molecule has 0 spiro atoms. The second-order valence-electron chi connectivity index (χ2n) is 3.56. The standard InChI is InChI=1S/C12H9Cl2N3O/c13-8-2-3-10(9(15)5-8)17-12(18)7-1-4-11(14)16-6-7/h1-6H,15H2,(H,17,18). The summed E-state index contributed by atoms with van der Waals surface area (Å²) in [5.74, 6) is -0.312. The summed E-state index contributed by atoms with van der Waals surface area (Å²) in [5.41, 5.74) is 7.03. The maximum atomic E-state index is 11.9. The lowest BCUT2D eigenvalue weighted by molar-refractivity contribution is 0.102. The molecule has 0 fully saturated rings. The van der Waals surface area contributed by atoms with Crippen LogP contribution in [0.15, 0.2) is 36.5 Å². The number of rotatable bonds is 2. The smallest absolute Gasteiger partial charge is 0.257 e. The summed E-state index contributed by atoms with van der Waals surface area (Å²) in [4.78, 5) is 15.7. The molecule has 0 bridgehead atoms. The van der Waals surface area contributed by atoms with Gasteiger partial charge in [-0.15, -0.1) is 0 Å². The Hall–Kier alpha value is -1.78. The van der Waals surface area contributed by atoms with Crippen molar-refractivity contribution < 1.29 is 4.79 Å². The first-order valence-electron chi connectivity index (χ1n) is 5.04. The lowest BCUT2D eigenvalue weighted by atomic mass is 10.2. The average molecular weight is 282 g/mol. The van der Waals surface area contributed by atoms with E-state index in [0.29, 0.717) is 27.1 Å². The molecule has 3 N–H and O–H groups in total. The first kappa shape index (κ1) is 12.7. The molecule has 2 aromatic rings. The van der Waals surface area contributed by atoms with Crippen molar-refractivity contribution in [3.05, 3.63) is 52.3 Å². The molecule has 4 nitrogen and oxygen atoms in total. The molecule has 1 heterocycles. The Morgan fingerprint density at radius 3 is 2.61 bits per heavy atom. The van der Waals surface area contributed by atoms with Crippen LogP contribution >= 0.6 is 23.2 Å². The predicted octanol–water partition coefficient (Wildman–Crippen LogP) is 3.22. The van der Waals surface area contributed by atoms with E-state index in [-0.39, 0.29) is 5.91 Å². The minimum absolute atomic E-state index is 0.312. The minimum Gasteiger partial charge on any atom is -0.397 e. The zero-order valence-corrected chi connectivity index (χ0v) is 10.7. The molecule has 0 unspecified atom stereocenters. The quantitative estimate of drug-likeness (QED) is 0.656. The molecule has 0 aliphatic rings. The average Bonchev–Trinajstić information content (AvgIpc) is 2.33. The second-order valence-corrected chi connectivity index (χ2v) is 4.38. The molecule has 1 aromatic heterocycles. The van der Waals surface area contributed by atoms with Crippen LogP contribution in [-0.2, 0) is 0 Å². The number of benzene rings is 1. The number of nitrogens with two attached hydrogens (primary N) is 1. The lowest BCUT2D eigenvalue weighted by Crippen LogP contribution is -2.13. The fourth-order valence-corrected chi connectivity index (χ4v) is 1.64. The normalized spacial score (nSPS) is 10.1. The van der Waals surface area contributed by atoms with E-state index in [1.807, 2.05) is 0 Å². The van der Waals surface area contributed by atoms with Gasteiger partial charge >= 0.3 is 0 Å². The molecule has 2 rings (SSSR count). The molecule has 0 saturated carbocycles. The number of carbonyl (C=O) groups is 1. The fourth-order valence-electron chi connectivity index (χ4n) is 1.35. The molecule has 1 aromatic carbocycles. The van der Waals surface area contributed by atoms with Crippen molar-refractivity contribution in [2.75, 3.05) is 11.1 Å². The molecular weight excluding hydrogens is 273 g/mol. The summed E-state index contributed by atoms with van der Waals surface area (Å²) in [6.07, 6.45) is 1.39. The number of halogens is 2. The molecule has 0 aliphatic carbocycles. The zero-order valence-electron chi connectivity index (χ0n) is 9.15. The Kier molecular flexibility index (Phi) is 3.69. The predicted molar refractivity (Wildman–Crippen MR) is 73.1 cm³/mol. The summed E-state index contributed by atoms with van der Waals surface area (Å²) in [5, 5.41) is 3.51. The number of nitrogens with zero attached hydrogens (tertiary/aromatic N) is 1. The minimum atomic E-state index is -0.312. The van der Waals surface area contributed by atoms with E-state index >= 15 is 0 Å². The number of nitrogens with one attached hydrogen (secondary N) is 1. The largest absolute Gasteiger partial charge is 0.397 e. The van der Waals surface area contributed by atoms with Gasteiger partial charge in [-0.25, -0.2) is 4.98 Å². The number of hydrogen-bond acceptors (Lipinski definition) is 3. The monoisotopic (exact) mass is 281 g/mol. The summed E-state index contributed by atoms with van der Waals surface area (Å²) in [6.45, 7) is 0. The second kappa shape index (κ2) is 5.25. The van der Waals surface area contributed by atoms with Gasteiger partial charge in [-0.05, 0) is 30.3 Å². The van der Waals surface area contributed by atoms with E-state index in [4.69, 9.17) is 28.9 Å². The third-order valence-electron chi connectivity index (χ3n) is 2.25. The number of aromatic nitrogens is 1. The summed E-state index contributed by atoms with van der Waals surface area (Å²) in [7, 11) is 0. The fraction of sp³-hybridized carbons (Fsp3) is 0. The highest BCUT2D eigenvalue weighted by Crippen LogP contribution is 2.23. The van der Waals surface area contributed by atoms with Crippen molar-refractivity contribution in [1.82, 2.24) is 4.98 Å². The van der Waals surface area contributed by atoms with Crippen LogP contribution in [0.5, 0.6) is 0 Å². The molecule has 92 valence electrons. The molecule has 0 atom stereocenters. The number of anilines is 2. The Balaban J connectivity index is 2.18. The zero-order chi connectivity index (χ0) is 13.1. The maximum absolute atomic E-state index is 11.9.